The smallest absolute Gasteiger partial charge is 0.128 e. The summed E-state index contributed by atoms with van der Waals surface area (Å²) in [7, 11) is 0. The lowest BCUT2D eigenvalue weighted by Crippen LogP contribution is -1.86. The molecule has 37 heavy (non-hydrogen) atoms. The third kappa shape index (κ3) is 3.48. The number of rotatable bonds is 2. The van der Waals surface area contributed by atoms with Gasteiger partial charge in [0.05, 0.1) is 0 Å². The molecule has 8 aromatic rings. The summed E-state index contributed by atoms with van der Waals surface area (Å²) in [6.45, 7) is 0. The van der Waals surface area contributed by atoms with Crippen LogP contribution >= 0.6 is 0 Å². The minimum Gasteiger partial charge on any atom is -0.457 e. The van der Waals surface area contributed by atoms with Crippen molar-refractivity contribution in [2.24, 2.45) is 0 Å². The third-order valence-corrected chi connectivity index (χ3v) is 7.50. The highest BCUT2D eigenvalue weighted by Crippen LogP contribution is 2.33. The summed E-state index contributed by atoms with van der Waals surface area (Å²) in [6.07, 6.45) is 0. The maximum absolute atomic E-state index is 6.36. The minimum absolute atomic E-state index is 0.846. The van der Waals surface area contributed by atoms with Crippen LogP contribution in [0.3, 0.4) is 0 Å². The van der Waals surface area contributed by atoms with E-state index in [1.807, 2.05) is 0 Å². The molecule has 0 saturated heterocycles. The van der Waals surface area contributed by atoms with Crippen LogP contribution < -0.4 is 4.74 Å². The van der Waals surface area contributed by atoms with E-state index in [9.17, 15) is 0 Å². The Morgan fingerprint density at radius 1 is 0.243 bits per heavy atom. The van der Waals surface area contributed by atoms with Crippen LogP contribution in [0.4, 0.5) is 0 Å². The summed E-state index contributed by atoms with van der Waals surface area (Å²) in [5.41, 5.74) is 0. The van der Waals surface area contributed by atoms with E-state index in [1.54, 1.807) is 0 Å². The van der Waals surface area contributed by atoms with Crippen LogP contribution in [0, 0.1) is 0 Å². The molecule has 0 aliphatic carbocycles. The van der Waals surface area contributed by atoms with Gasteiger partial charge in [-0.25, -0.2) is 0 Å². The third-order valence-electron chi connectivity index (χ3n) is 7.50. The van der Waals surface area contributed by atoms with Gasteiger partial charge in [0, 0.05) is 0 Å². The monoisotopic (exact) mass is 470 g/mol. The molecular formula is C36H22O. The minimum atomic E-state index is 0.846. The molecule has 0 N–H and O–H groups in total. The molecule has 0 saturated carbocycles. The molecule has 172 valence electrons. The second kappa shape index (κ2) is 7.81. The lowest BCUT2D eigenvalue weighted by molar-refractivity contribution is 0.484. The Hall–Kier alpha value is -4.88. The van der Waals surface area contributed by atoms with Crippen LogP contribution in [-0.2, 0) is 0 Å². The molecule has 0 aliphatic rings. The van der Waals surface area contributed by atoms with Crippen LogP contribution in [0.25, 0.3) is 64.6 Å². The van der Waals surface area contributed by atoms with Crippen molar-refractivity contribution in [2.75, 3.05) is 0 Å². The Morgan fingerprint density at radius 3 is 0.865 bits per heavy atom. The van der Waals surface area contributed by atoms with E-state index < -0.39 is 0 Å². The second-order valence-electron chi connectivity index (χ2n) is 9.92. The standard InChI is InChI=1S/C36H22O/c1-3-7-25-15-31-19-33-21-35(11-9-27(33)17-29(31)13-23(25)5-1)37-36-12-10-28-18-30-14-24-6-2-4-8-26(24)16-32(30)20-34(28)22-36/h1-22H. The summed E-state index contributed by atoms with van der Waals surface area (Å²) in [5, 5.41) is 14.9. The fourth-order valence-corrected chi connectivity index (χ4v) is 5.60. The number of hydrogen-bond acceptors (Lipinski definition) is 1. The number of fused-ring (bicyclic) bond motifs is 6. The van der Waals surface area contributed by atoms with Gasteiger partial charge in [0.25, 0.3) is 0 Å². The van der Waals surface area contributed by atoms with E-state index in [4.69, 9.17) is 4.74 Å². The zero-order valence-electron chi connectivity index (χ0n) is 20.1. The van der Waals surface area contributed by atoms with Gasteiger partial charge in [-0.05, 0) is 137 Å². The van der Waals surface area contributed by atoms with E-state index in [0.29, 0.717) is 0 Å². The van der Waals surface area contributed by atoms with Gasteiger partial charge in [-0.1, -0.05) is 60.7 Å². The topological polar surface area (TPSA) is 9.23 Å². The molecule has 0 aliphatic heterocycles. The predicted octanol–water partition coefficient (Wildman–Crippen LogP) is 10.4. The largest absolute Gasteiger partial charge is 0.457 e. The quantitative estimate of drug-likeness (QED) is 0.228. The van der Waals surface area contributed by atoms with Gasteiger partial charge >= 0.3 is 0 Å². The van der Waals surface area contributed by atoms with Crippen LogP contribution in [0.5, 0.6) is 11.5 Å². The first-order valence-corrected chi connectivity index (χ1v) is 12.7. The Balaban J connectivity index is 1.18. The first-order valence-electron chi connectivity index (χ1n) is 12.7. The van der Waals surface area contributed by atoms with Crippen molar-refractivity contribution in [3.8, 4) is 11.5 Å². The number of benzene rings is 8. The predicted molar refractivity (Wildman–Crippen MR) is 158 cm³/mol. The highest BCUT2D eigenvalue weighted by Gasteiger charge is 2.06. The van der Waals surface area contributed by atoms with E-state index in [2.05, 4.69) is 133 Å². The van der Waals surface area contributed by atoms with Gasteiger partial charge < -0.3 is 4.74 Å². The van der Waals surface area contributed by atoms with Crippen LogP contribution in [0.2, 0.25) is 0 Å². The molecule has 0 radical (unpaired) electrons. The molecule has 0 unspecified atom stereocenters. The lowest BCUT2D eigenvalue weighted by Gasteiger charge is -2.10. The Morgan fingerprint density at radius 2 is 0.514 bits per heavy atom. The molecule has 1 heteroatoms. The Bertz CT molecular complexity index is 2010. The van der Waals surface area contributed by atoms with Gasteiger partial charge in [0.2, 0.25) is 0 Å². The Labute approximate surface area is 214 Å². The molecule has 0 amide bonds. The van der Waals surface area contributed by atoms with Gasteiger partial charge in [-0.15, -0.1) is 0 Å². The van der Waals surface area contributed by atoms with Crippen molar-refractivity contribution >= 4 is 64.6 Å². The highest BCUT2D eigenvalue weighted by molar-refractivity contribution is 6.06. The van der Waals surface area contributed by atoms with E-state index in [1.165, 1.54) is 64.6 Å². The maximum Gasteiger partial charge on any atom is 0.128 e. The van der Waals surface area contributed by atoms with Crippen molar-refractivity contribution in [3.05, 3.63) is 133 Å². The maximum atomic E-state index is 6.36. The zero-order valence-corrected chi connectivity index (χ0v) is 20.1. The summed E-state index contributed by atoms with van der Waals surface area (Å²) in [6, 6.07) is 47.9. The number of ether oxygens (including phenoxy) is 1. The molecule has 0 fully saturated rings. The first-order chi connectivity index (χ1) is 18.2. The van der Waals surface area contributed by atoms with Crippen molar-refractivity contribution in [1.82, 2.24) is 0 Å². The van der Waals surface area contributed by atoms with Crippen LogP contribution in [0.1, 0.15) is 0 Å². The normalized spacial score (nSPS) is 11.8. The molecule has 0 heterocycles. The molecule has 0 atom stereocenters. The zero-order chi connectivity index (χ0) is 24.3. The average molecular weight is 471 g/mol. The van der Waals surface area contributed by atoms with Crippen molar-refractivity contribution in [3.63, 3.8) is 0 Å². The van der Waals surface area contributed by atoms with Crippen molar-refractivity contribution in [1.29, 1.82) is 0 Å². The molecule has 0 bridgehead atoms. The van der Waals surface area contributed by atoms with Crippen molar-refractivity contribution in [2.45, 2.75) is 0 Å². The summed E-state index contributed by atoms with van der Waals surface area (Å²) in [5.74, 6) is 1.69. The fourth-order valence-electron chi connectivity index (χ4n) is 5.60. The van der Waals surface area contributed by atoms with E-state index in [-0.39, 0.29) is 0 Å². The van der Waals surface area contributed by atoms with E-state index >= 15 is 0 Å². The van der Waals surface area contributed by atoms with Gasteiger partial charge in [0.15, 0.2) is 0 Å². The van der Waals surface area contributed by atoms with Gasteiger partial charge in [-0.2, -0.15) is 0 Å². The SMILES string of the molecule is c1ccc2cc3cc4cc(Oc5ccc6cc7cc8ccccc8cc7cc6c5)ccc4cc3cc2c1. The van der Waals surface area contributed by atoms with E-state index in [0.717, 1.165) is 11.5 Å². The molecule has 8 aromatic carbocycles. The molecule has 0 spiro atoms. The first kappa shape index (κ1) is 20.3. The summed E-state index contributed by atoms with van der Waals surface area (Å²) in [4.78, 5) is 0. The fraction of sp³-hybridized carbons (Fsp3) is 0. The van der Waals surface area contributed by atoms with Crippen LogP contribution in [-0.4, -0.2) is 0 Å². The van der Waals surface area contributed by atoms with Crippen molar-refractivity contribution < 1.29 is 4.74 Å². The Kier molecular flexibility index (Phi) is 4.29. The number of hydrogen-bond donors (Lipinski definition) is 0. The molecule has 0 aromatic heterocycles. The highest BCUT2D eigenvalue weighted by atomic mass is 16.5. The summed E-state index contributed by atoms with van der Waals surface area (Å²) >= 11 is 0. The summed E-state index contributed by atoms with van der Waals surface area (Å²) < 4.78 is 6.36. The van der Waals surface area contributed by atoms with Gasteiger partial charge in [-0.3, -0.25) is 0 Å². The average Bonchev–Trinajstić information content (AvgIpc) is 2.92. The van der Waals surface area contributed by atoms with Crippen LogP contribution in [0.15, 0.2) is 133 Å². The second-order valence-corrected chi connectivity index (χ2v) is 9.92. The lowest BCUT2D eigenvalue weighted by atomic mass is 9.99. The van der Waals surface area contributed by atoms with Gasteiger partial charge in [0.1, 0.15) is 11.5 Å². The molecule has 1 nitrogen and oxygen atoms in total. The molecule has 8 rings (SSSR count). The molecular weight excluding hydrogens is 448 g/mol.